The molecule has 0 aliphatic carbocycles. The van der Waals surface area contributed by atoms with E-state index >= 15 is 0 Å². The number of carbonyl (C=O) groups is 1. The van der Waals surface area contributed by atoms with Gasteiger partial charge in [0.1, 0.15) is 12.4 Å². The molecule has 1 saturated heterocycles. The van der Waals surface area contributed by atoms with Gasteiger partial charge in [0, 0.05) is 6.54 Å². The Labute approximate surface area is 248 Å². The van der Waals surface area contributed by atoms with Crippen LogP contribution in [0.15, 0.2) is 50.6 Å². The van der Waals surface area contributed by atoms with Gasteiger partial charge in [-0.25, -0.2) is 14.4 Å². The van der Waals surface area contributed by atoms with E-state index in [4.69, 9.17) is 19.8 Å². The zero-order valence-corrected chi connectivity index (χ0v) is 24.4. The lowest BCUT2D eigenvalue weighted by atomic mass is 10.1. The van der Waals surface area contributed by atoms with Crippen molar-refractivity contribution in [2.24, 2.45) is 5.10 Å². The molecule has 1 aliphatic heterocycles. The SMILES string of the molecule is CCOc1cc(C=NNC(=O)c2nnn(-c3nonc3N)c2CN2CCCCC2)cc(Br)c1OCc1ccc(F)cc1. The van der Waals surface area contributed by atoms with Crippen LogP contribution < -0.4 is 20.6 Å². The van der Waals surface area contributed by atoms with Gasteiger partial charge < -0.3 is 15.2 Å². The van der Waals surface area contributed by atoms with Gasteiger partial charge in [0.25, 0.3) is 5.91 Å². The molecule has 0 bridgehead atoms. The second-order valence-electron chi connectivity index (χ2n) is 9.48. The Hall–Kier alpha value is -4.37. The number of hydrazone groups is 1. The van der Waals surface area contributed by atoms with E-state index in [1.54, 1.807) is 24.3 Å². The zero-order valence-electron chi connectivity index (χ0n) is 22.8. The minimum absolute atomic E-state index is 0.0329. The molecule has 1 amide bonds. The van der Waals surface area contributed by atoms with E-state index in [0.717, 1.165) is 31.5 Å². The number of amides is 1. The number of aromatic nitrogens is 5. The number of nitrogens with zero attached hydrogens (tertiary/aromatic N) is 7. The minimum atomic E-state index is -0.553. The maximum atomic E-state index is 13.2. The lowest BCUT2D eigenvalue weighted by molar-refractivity contribution is 0.0947. The van der Waals surface area contributed by atoms with E-state index in [1.807, 2.05) is 6.92 Å². The third kappa shape index (κ3) is 6.91. The van der Waals surface area contributed by atoms with Crippen LogP contribution in [0.1, 0.15) is 53.5 Å². The Morgan fingerprint density at radius 1 is 1.19 bits per heavy atom. The van der Waals surface area contributed by atoms with Gasteiger partial charge in [-0.15, -0.1) is 5.10 Å². The Bertz CT molecular complexity index is 1550. The number of likely N-dealkylation sites (tertiary alicyclic amines) is 1. The molecule has 3 N–H and O–H groups in total. The number of hydrogen-bond donors (Lipinski definition) is 2. The van der Waals surface area contributed by atoms with E-state index in [0.29, 0.717) is 40.4 Å². The van der Waals surface area contributed by atoms with Crippen molar-refractivity contribution in [3.63, 3.8) is 0 Å². The van der Waals surface area contributed by atoms with Gasteiger partial charge in [0.15, 0.2) is 17.2 Å². The monoisotopic (exact) mass is 641 g/mol. The Kier molecular flexibility index (Phi) is 9.38. The zero-order chi connectivity index (χ0) is 29.5. The molecule has 2 aromatic heterocycles. The Morgan fingerprint density at radius 3 is 2.69 bits per heavy atom. The highest BCUT2D eigenvalue weighted by Gasteiger charge is 2.26. The first-order valence-corrected chi connectivity index (χ1v) is 14.1. The predicted octanol–water partition coefficient (Wildman–Crippen LogP) is 3.86. The van der Waals surface area contributed by atoms with E-state index in [-0.39, 0.29) is 29.8 Å². The highest BCUT2D eigenvalue weighted by atomic mass is 79.9. The molecule has 0 spiro atoms. The predicted molar refractivity (Wildman–Crippen MR) is 154 cm³/mol. The topological polar surface area (TPSA) is 159 Å². The van der Waals surface area contributed by atoms with Crippen molar-refractivity contribution in [3.05, 3.63) is 69.2 Å². The van der Waals surface area contributed by atoms with Crippen molar-refractivity contribution >= 4 is 33.9 Å². The summed E-state index contributed by atoms with van der Waals surface area (Å²) in [4.78, 5) is 15.4. The number of anilines is 1. The molecule has 3 heterocycles. The largest absolute Gasteiger partial charge is 0.490 e. The van der Waals surface area contributed by atoms with Gasteiger partial charge in [-0.2, -0.15) is 9.78 Å². The van der Waals surface area contributed by atoms with Crippen LogP contribution in [-0.4, -0.2) is 62.0 Å². The van der Waals surface area contributed by atoms with Crippen LogP contribution in [0, 0.1) is 5.82 Å². The van der Waals surface area contributed by atoms with Gasteiger partial charge in [0.05, 0.1) is 23.0 Å². The highest BCUT2D eigenvalue weighted by molar-refractivity contribution is 9.10. The average molecular weight is 642 g/mol. The van der Waals surface area contributed by atoms with Gasteiger partial charge in [-0.3, -0.25) is 9.69 Å². The molecule has 4 aromatic rings. The van der Waals surface area contributed by atoms with Crippen LogP contribution in [0.3, 0.4) is 0 Å². The smallest absolute Gasteiger partial charge is 0.293 e. The number of carbonyl (C=O) groups excluding carboxylic acids is 1. The first-order chi connectivity index (χ1) is 20.4. The van der Waals surface area contributed by atoms with Gasteiger partial charge in [-0.05, 0) is 94.5 Å². The van der Waals surface area contributed by atoms with Gasteiger partial charge in [0.2, 0.25) is 11.6 Å². The minimum Gasteiger partial charge on any atom is -0.490 e. The third-order valence-electron chi connectivity index (χ3n) is 6.50. The highest BCUT2D eigenvalue weighted by Crippen LogP contribution is 2.37. The molecule has 0 radical (unpaired) electrons. The molecule has 5 rings (SSSR count). The van der Waals surface area contributed by atoms with Crippen molar-refractivity contribution in [3.8, 4) is 17.3 Å². The number of nitrogens with one attached hydrogen (secondary N) is 1. The molecule has 42 heavy (non-hydrogen) atoms. The molecule has 0 unspecified atom stereocenters. The van der Waals surface area contributed by atoms with Crippen LogP contribution >= 0.6 is 15.9 Å². The standard InChI is InChI=1S/C27H29BrFN9O4/c1-2-40-22-13-18(12-20(28)24(22)41-16-17-6-8-19(29)9-7-17)14-31-33-27(39)23-21(15-37-10-4-3-5-11-37)38(36-32-23)26-25(30)34-42-35-26/h6-9,12-14H,2-5,10-11,15-16H2,1H3,(H2,30,34)(H,33,39). The average Bonchev–Trinajstić information content (AvgIpc) is 3.59. The number of nitrogen functional groups attached to an aromatic ring is 1. The number of hydrogen-bond acceptors (Lipinski definition) is 11. The summed E-state index contributed by atoms with van der Waals surface area (Å²) in [6.45, 7) is 4.66. The summed E-state index contributed by atoms with van der Waals surface area (Å²) in [6.07, 6.45) is 4.77. The first-order valence-electron chi connectivity index (χ1n) is 13.3. The third-order valence-corrected chi connectivity index (χ3v) is 7.09. The fraction of sp³-hybridized carbons (Fsp3) is 0.333. The Morgan fingerprint density at radius 2 is 1.98 bits per heavy atom. The van der Waals surface area contributed by atoms with Crippen LogP contribution in [0.2, 0.25) is 0 Å². The second kappa shape index (κ2) is 13.5. The normalized spacial score (nSPS) is 13.9. The molecule has 1 aliphatic rings. The molecule has 15 heteroatoms. The molecule has 13 nitrogen and oxygen atoms in total. The lowest BCUT2D eigenvalue weighted by Gasteiger charge is -2.26. The van der Waals surface area contributed by atoms with Gasteiger partial charge >= 0.3 is 0 Å². The van der Waals surface area contributed by atoms with E-state index in [2.05, 4.69) is 52.0 Å². The van der Waals surface area contributed by atoms with Gasteiger partial charge in [-0.1, -0.05) is 23.8 Å². The molecule has 0 atom stereocenters. The quantitative estimate of drug-likeness (QED) is 0.182. The van der Waals surface area contributed by atoms with Crippen LogP contribution in [0.25, 0.3) is 5.82 Å². The lowest BCUT2D eigenvalue weighted by Crippen LogP contribution is -2.31. The van der Waals surface area contributed by atoms with E-state index in [1.165, 1.54) is 29.4 Å². The van der Waals surface area contributed by atoms with Crippen molar-refractivity contribution in [2.45, 2.75) is 39.3 Å². The summed E-state index contributed by atoms with van der Waals surface area (Å²) < 4.78 is 31.7. The molecular formula is C27H29BrFN9O4. The summed E-state index contributed by atoms with van der Waals surface area (Å²) >= 11 is 3.53. The summed E-state index contributed by atoms with van der Waals surface area (Å²) in [5.41, 5.74) is 10.4. The summed E-state index contributed by atoms with van der Waals surface area (Å²) in [5.74, 6) is 0.293. The fourth-order valence-electron chi connectivity index (χ4n) is 4.48. The number of halogens is 2. The second-order valence-corrected chi connectivity index (χ2v) is 10.3. The molecule has 1 fully saturated rings. The maximum Gasteiger partial charge on any atom is 0.293 e. The summed E-state index contributed by atoms with van der Waals surface area (Å²) in [6, 6.07) is 9.58. The van der Waals surface area contributed by atoms with Crippen LogP contribution in [0.5, 0.6) is 11.5 Å². The number of piperidine rings is 1. The first kappa shape index (κ1) is 29.1. The van der Waals surface area contributed by atoms with E-state index in [9.17, 15) is 9.18 Å². The number of benzene rings is 2. The van der Waals surface area contributed by atoms with Crippen LogP contribution in [-0.2, 0) is 13.2 Å². The summed E-state index contributed by atoms with van der Waals surface area (Å²) in [5, 5.41) is 19.7. The van der Waals surface area contributed by atoms with Crippen molar-refractivity contribution in [2.75, 3.05) is 25.4 Å². The van der Waals surface area contributed by atoms with E-state index < -0.39 is 5.91 Å². The maximum absolute atomic E-state index is 13.2. The Balaban J connectivity index is 1.32. The van der Waals surface area contributed by atoms with Crippen molar-refractivity contribution < 1.29 is 23.3 Å². The molecule has 0 saturated carbocycles. The summed E-state index contributed by atoms with van der Waals surface area (Å²) in [7, 11) is 0. The molecule has 2 aromatic carbocycles. The van der Waals surface area contributed by atoms with Crippen molar-refractivity contribution in [1.82, 2.24) is 35.6 Å². The van der Waals surface area contributed by atoms with Crippen molar-refractivity contribution in [1.29, 1.82) is 0 Å². The fourth-order valence-corrected chi connectivity index (χ4v) is 5.05. The molecule has 220 valence electrons. The number of rotatable bonds is 11. The number of ether oxygens (including phenoxy) is 2. The molecular weight excluding hydrogens is 613 g/mol. The number of nitrogens with two attached hydrogens (primary N) is 1. The van der Waals surface area contributed by atoms with Crippen LogP contribution in [0.4, 0.5) is 10.2 Å².